The molecule has 1 aromatic heterocycles. The minimum absolute atomic E-state index is 0.627. The fraction of sp³-hybridized carbons (Fsp3) is 0.769. The highest BCUT2D eigenvalue weighted by molar-refractivity contribution is 4.96. The van der Waals surface area contributed by atoms with Crippen LogP contribution in [0.5, 0.6) is 0 Å². The molecular weight excluding hydrogens is 198 g/mol. The van der Waals surface area contributed by atoms with E-state index in [1.807, 2.05) is 6.20 Å². The maximum atomic E-state index is 4.48. The van der Waals surface area contributed by atoms with Crippen LogP contribution in [-0.4, -0.2) is 22.1 Å². The fourth-order valence-electron chi connectivity index (χ4n) is 2.57. The van der Waals surface area contributed by atoms with Gasteiger partial charge in [-0.15, -0.1) is 0 Å². The zero-order valence-corrected chi connectivity index (χ0v) is 10.4. The van der Waals surface area contributed by atoms with E-state index in [2.05, 4.69) is 34.9 Å². The van der Waals surface area contributed by atoms with Crippen LogP contribution in [0.25, 0.3) is 0 Å². The summed E-state index contributed by atoms with van der Waals surface area (Å²) in [4.78, 5) is 4.48. The van der Waals surface area contributed by atoms with Crippen molar-refractivity contribution < 1.29 is 0 Å². The van der Waals surface area contributed by atoms with Gasteiger partial charge in [-0.1, -0.05) is 13.8 Å². The van der Waals surface area contributed by atoms with E-state index in [1.165, 1.54) is 31.6 Å². The summed E-state index contributed by atoms with van der Waals surface area (Å²) in [6, 6.07) is 0.627. The first-order valence-electron chi connectivity index (χ1n) is 6.53. The second kappa shape index (κ2) is 5.48. The molecule has 90 valence electrons. The molecule has 1 aliphatic heterocycles. The van der Waals surface area contributed by atoms with Gasteiger partial charge in [0, 0.05) is 31.4 Å². The second-order valence-electron chi connectivity index (χ2n) is 5.02. The second-order valence-corrected chi connectivity index (χ2v) is 5.02. The molecule has 1 N–H and O–H groups in total. The molecule has 0 bridgehead atoms. The highest BCUT2D eigenvalue weighted by Gasteiger charge is 2.19. The summed E-state index contributed by atoms with van der Waals surface area (Å²) in [6.07, 6.45) is 8.90. The van der Waals surface area contributed by atoms with Gasteiger partial charge in [0.2, 0.25) is 0 Å². The molecule has 2 unspecified atom stereocenters. The molecule has 0 aliphatic carbocycles. The van der Waals surface area contributed by atoms with Crippen LogP contribution in [0.3, 0.4) is 0 Å². The van der Waals surface area contributed by atoms with Crippen molar-refractivity contribution in [1.82, 2.24) is 14.9 Å². The molecule has 0 aromatic carbocycles. The van der Waals surface area contributed by atoms with Gasteiger partial charge in [-0.3, -0.25) is 0 Å². The van der Waals surface area contributed by atoms with Gasteiger partial charge in [-0.2, -0.15) is 0 Å². The standard InChI is InChI=1S/C13H23N3/c1-3-7-16-8-6-15-13(16)10-12-9-11(2)4-5-14-12/h6,8,11-12,14H,3-5,7,9-10H2,1-2H3. The monoisotopic (exact) mass is 221 g/mol. The van der Waals surface area contributed by atoms with Crippen molar-refractivity contribution >= 4 is 0 Å². The van der Waals surface area contributed by atoms with Crippen LogP contribution < -0.4 is 5.32 Å². The van der Waals surface area contributed by atoms with Crippen molar-refractivity contribution in [3.8, 4) is 0 Å². The van der Waals surface area contributed by atoms with Gasteiger partial charge < -0.3 is 9.88 Å². The van der Waals surface area contributed by atoms with E-state index in [1.54, 1.807) is 0 Å². The van der Waals surface area contributed by atoms with Gasteiger partial charge in [0.15, 0.2) is 0 Å². The van der Waals surface area contributed by atoms with E-state index in [0.29, 0.717) is 6.04 Å². The molecule has 1 aromatic rings. The van der Waals surface area contributed by atoms with E-state index >= 15 is 0 Å². The van der Waals surface area contributed by atoms with Gasteiger partial charge in [0.25, 0.3) is 0 Å². The molecule has 16 heavy (non-hydrogen) atoms. The molecule has 2 heterocycles. The SMILES string of the molecule is CCCn1ccnc1CC1CC(C)CCN1. The first-order chi connectivity index (χ1) is 7.79. The Bertz CT molecular complexity index is 319. The predicted molar refractivity (Wildman–Crippen MR) is 66.4 cm³/mol. The number of piperidine rings is 1. The molecule has 2 rings (SSSR count). The van der Waals surface area contributed by atoms with E-state index in [-0.39, 0.29) is 0 Å². The van der Waals surface area contributed by atoms with Gasteiger partial charge in [0.05, 0.1) is 0 Å². The minimum atomic E-state index is 0.627. The highest BCUT2D eigenvalue weighted by Crippen LogP contribution is 2.17. The summed E-state index contributed by atoms with van der Waals surface area (Å²) < 4.78 is 2.29. The molecule has 3 heteroatoms. The Morgan fingerprint density at radius 3 is 3.19 bits per heavy atom. The summed E-state index contributed by atoms with van der Waals surface area (Å²) in [5.74, 6) is 2.11. The van der Waals surface area contributed by atoms with Crippen molar-refractivity contribution in [2.75, 3.05) is 6.54 Å². The maximum absolute atomic E-state index is 4.48. The average Bonchev–Trinajstić information content (AvgIpc) is 2.66. The Kier molecular flexibility index (Phi) is 3.99. The quantitative estimate of drug-likeness (QED) is 0.845. The summed E-state index contributed by atoms with van der Waals surface area (Å²) in [5.41, 5.74) is 0. The van der Waals surface area contributed by atoms with Crippen molar-refractivity contribution in [3.05, 3.63) is 18.2 Å². The third kappa shape index (κ3) is 2.85. The molecule has 1 aliphatic rings. The predicted octanol–water partition coefficient (Wildman–Crippen LogP) is 2.22. The van der Waals surface area contributed by atoms with Gasteiger partial charge in [-0.25, -0.2) is 4.98 Å². The molecule has 0 radical (unpaired) electrons. The molecular formula is C13H23N3. The Labute approximate surface area is 98.3 Å². The number of nitrogens with zero attached hydrogens (tertiary/aromatic N) is 2. The summed E-state index contributed by atoms with van der Waals surface area (Å²) in [5, 5.41) is 3.60. The lowest BCUT2D eigenvalue weighted by molar-refractivity contribution is 0.313. The molecule has 1 fully saturated rings. The smallest absolute Gasteiger partial charge is 0.110 e. The van der Waals surface area contributed by atoms with Crippen LogP contribution in [0.4, 0.5) is 0 Å². The largest absolute Gasteiger partial charge is 0.335 e. The van der Waals surface area contributed by atoms with Crippen LogP contribution in [0, 0.1) is 5.92 Å². The van der Waals surface area contributed by atoms with Crippen LogP contribution in [0.1, 0.15) is 38.9 Å². The Hall–Kier alpha value is -0.830. The molecule has 0 saturated carbocycles. The van der Waals surface area contributed by atoms with Crippen molar-refractivity contribution in [1.29, 1.82) is 0 Å². The van der Waals surface area contributed by atoms with E-state index < -0.39 is 0 Å². The number of aromatic nitrogens is 2. The van der Waals surface area contributed by atoms with E-state index in [4.69, 9.17) is 0 Å². The molecule has 1 saturated heterocycles. The van der Waals surface area contributed by atoms with Crippen LogP contribution >= 0.6 is 0 Å². The topological polar surface area (TPSA) is 29.9 Å². The number of hydrogen-bond acceptors (Lipinski definition) is 2. The normalized spacial score (nSPS) is 25.9. The first kappa shape index (κ1) is 11.6. The Balaban J connectivity index is 1.94. The zero-order chi connectivity index (χ0) is 11.4. The number of hydrogen-bond donors (Lipinski definition) is 1. The Morgan fingerprint density at radius 2 is 2.44 bits per heavy atom. The lowest BCUT2D eigenvalue weighted by Crippen LogP contribution is -2.39. The third-order valence-corrected chi connectivity index (χ3v) is 3.45. The Morgan fingerprint density at radius 1 is 1.56 bits per heavy atom. The van der Waals surface area contributed by atoms with Gasteiger partial charge in [-0.05, 0) is 31.7 Å². The number of rotatable bonds is 4. The van der Waals surface area contributed by atoms with Crippen LogP contribution in [0.2, 0.25) is 0 Å². The van der Waals surface area contributed by atoms with Crippen molar-refractivity contribution in [3.63, 3.8) is 0 Å². The summed E-state index contributed by atoms with van der Waals surface area (Å²) in [7, 11) is 0. The lowest BCUT2D eigenvalue weighted by atomic mass is 9.92. The third-order valence-electron chi connectivity index (χ3n) is 3.45. The van der Waals surface area contributed by atoms with Gasteiger partial charge in [0.1, 0.15) is 5.82 Å². The summed E-state index contributed by atoms with van der Waals surface area (Å²) in [6.45, 7) is 6.83. The zero-order valence-electron chi connectivity index (χ0n) is 10.4. The van der Waals surface area contributed by atoms with Gasteiger partial charge >= 0.3 is 0 Å². The molecule has 3 nitrogen and oxygen atoms in total. The molecule has 0 amide bonds. The fourth-order valence-corrected chi connectivity index (χ4v) is 2.57. The van der Waals surface area contributed by atoms with Crippen molar-refractivity contribution in [2.24, 2.45) is 5.92 Å². The van der Waals surface area contributed by atoms with Crippen molar-refractivity contribution in [2.45, 2.75) is 52.1 Å². The lowest BCUT2D eigenvalue weighted by Gasteiger charge is -2.28. The highest BCUT2D eigenvalue weighted by atomic mass is 15.1. The minimum Gasteiger partial charge on any atom is -0.335 e. The van der Waals surface area contributed by atoms with Crippen LogP contribution in [0.15, 0.2) is 12.4 Å². The average molecular weight is 221 g/mol. The first-order valence-corrected chi connectivity index (χ1v) is 6.53. The number of imidazole rings is 1. The summed E-state index contributed by atoms with van der Waals surface area (Å²) >= 11 is 0. The van der Waals surface area contributed by atoms with Crippen LogP contribution in [-0.2, 0) is 13.0 Å². The van der Waals surface area contributed by atoms with E-state index in [9.17, 15) is 0 Å². The number of aryl methyl sites for hydroxylation is 1. The maximum Gasteiger partial charge on any atom is 0.110 e. The number of nitrogens with one attached hydrogen (secondary N) is 1. The molecule has 0 spiro atoms. The molecule has 2 atom stereocenters. The van der Waals surface area contributed by atoms with E-state index in [0.717, 1.165) is 18.9 Å².